The Morgan fingerprint density at radius 3 is 2.79 bits per heavy atom. The first-order chi connectivity index (χ1) is 6.61. The molecule has 1 N–H and O–H groups in total. The van der Waals surface area contributed by atoms with E-state index >= 15 is 0 Å². The van der Waals surface area contributed by atoms with Crippen molar-refractivity contribution in [1.29, 1.82) is 0 Å². The number of aromatic hydroxyl groups is 1. The molecule has 0 heterocycles. The Hall–Kier alpha value is -0.740. The van der Waals surface area contributed by atoms with Crippen LogP contribution in [0.25, 0.3) is 0 Å². The largest absolute Gasteiger partial charge is 0.507 e. The van der Waals surface area contributed by atoms with E-state index in [9.17, 15) is 9.90 Å². The van der Waals surface area contributed by atoms with Crippen LogP contribution in [0.2, 0.25) is 0 Å². The van der Waals surface area contributed by atoms with Crippen molar-refractivity contribution in [2.75, 3.05) is 13.0 Å². The van der Waals surface area contributed by atoms with Crippen molar-refractivity contribution in [3.8, 4) is 11.5 Å². The second-order valence-electron chi connectivity index (χ2n) is 2.54. The molecule has 0 unspecified atom stereocenters. The highest BCUT2D eigenvalue weighted by Gasteiger charge is 2.16. The van der Waals surface area contributed by atoms with Crippen LogP contribution in [-0.4, -0.2) is 23.9 Å². The van der Waals surface area contributed by atoms with Gasteiger partial charge in [-0.15, -0.1) is 11.6 Å². The van der Waals surface area contributed by atoms with Crippen molar-refractivity contribution >= 4 is 33.3 Å². The standard InChI is InChI=1S/C9H8BrClO3/c1-14-9-5(7(13)4-11)2-3-6(12)8(9)10/h2-3,12H,4H2,1H3. The number of ketones is 1. The normalized spacial score (nSPS) is 9.93. The van der Waals surface area contributed by atoms with E-state index in [0.29, 0.717) is 15.8 Å². The molecule has 0 atom stereocenters. The fourth-order valence-corrected chi connectivity index (χ4v) is 1.69. The smallest absolute Gasteiger partial charge is 0.181 e. The molecule has 1 rings (SSSR count). The third kappa shape index (κ3) is 2.01. The average molecular weight is 280 g/mol. The van der Waals surface area contributed by atoms with Crippen LogP contribution in [0.15, 0.2) is 16.6 Å². The molecular formula is C9H8BrClO3. The lowest BCUT2D eigenvalue weighted by Crippen LogP contribution is -2.03. The monoisotopic (exact) mass is 278 g/mol. The molecule has 1 aromatic rings. The van der Waals surface area contributed by atoms with Crippen molar-refractivity contribution in [3.05, 3.63) is 22.2 Å². The van der Waals surface area contributed by atoms with E-state index in [0.717, 1.165) is 0 Å². The molecule has 3 nitrogen and oxygen atoms in total. The predicted molar refractivity (Wildman–Crippen MR) is 57.4 cm³/mol. The minimum absolute atomic E-state index is 0.0213. The zero-order valence-corrected chi connectivity index (χ0v) is 9.72. The summed E-state index contributed by atoms with van der Waals surface area (Å²) in [6.45, 7) is 0. The van der Waals surface area contributed by atoms with Gasteiger partial charge in [0.15, 0.2) is 5.78 Å². The van der Waals surface area contributed by atoms with Gasteiger partial charge in [-0.05, 0) is 28.1 Å². The molecule has 0 saturated carbocycles. The zero-order chi connectivity index (χ0) is 10.7. The lowest BCUT2D eigenvalue weighted by molar-refractivity contribution is 0.101. The second-order valence-corrected chi connectivity index (χ2v) is 3.60. The van der Waals surface area contributed by atoms with Crippen LogP contribution in [-0.2, 0) is 0 Å². The highest BCUT2D eigenvalue weighted by molar-refractivity contribution is 9.10. The number of carbonyl (C=O) groups is 1. The molecule has 0 amide bonds. The number of methoxy groups -OCH3 is 1. The molecule has 5 heteroatoms. The number of hydrogen-bond acceptors (Lipinski definition) is 3. The van der Waals surface area contributed by atoms with Crippen LogP contribution >= 0.6 is 27.5 Å². The van der Waals surface area contributed by atoms with E-state index < -0.39 is 0 Å². The van der Waals surface area contributed by atoms with Gasteiger partial charge in [0.2, 0.25) is 0 Å². The Labute approximate surface area is 94.8 Å². The van der Waals surface area contributed by atoms with Gasteiger partial charge in [0.1, 0.15) is 16.0 Å². The van der Waals surface area contributed by atoms with E-state index in [1.807, 2.05) is 0 Å². The topological polar surface area (TPSA) is 46.5 Å². The molecule has 0 aromatic heterocycles. The zero-order valence-electron chi connectivity index (χ0n) is 7.38. The summed E-state index contributed by atoms with van der Waals surface area (Å²) in [5.41, 5.74) is 0.354. The summed E-state index contributed by atoms with van der Waals surface area (Å²) >= 11 is 8.54. The van der Waals surface area contributed by atoms with Gasteiger partial charge in [-0.1, -0.05) is 0 Å². The van der Waals surface area contributed by atoms with Crippen molar-refractivity contribution < 1.29 is 14.6 Å². The quantitative estimate of drug-likeness (QED) is 0.683. The number of phenols is 1. The van der Waals surface area contributed by atoms with Crippen LogP contribution in [0.4, 0.5) is 0 Å². The Balaban J connectivity index is 3.31. The fourth-order valence-electron chi connectivity index (χ4n) is 1.04. The van der Waals surface area contributed by atoms with Crippen LogP contribution in [0.1, 0.15) is 10.4 Å². The van der Waals surface area contributed by atoms with Gasteiger partial charge in [-0.2, -0.15) is 0 Å². The summed E-state index contributed by atoms with van der Waals surface area (Å²) in [5, 5.41) is 9.34. The molecule has 1 aromatic carbocycles. The summed E-state index contributed by atoms with van der Waals surface area (Å²) < 4.78 is 5.35. The van der Waals surface area contributed by atoms with Gasteiger partial charge < -0.3 is 9.84 Å². The summed E-state index contributed by atoms with van der Waals surface area (Å²) in [6.07, 6.45) is 0. The van der Waals surface area contributed by atoms with Gasteiger partial charge in [0.25, 0.3) is 0 Å². The lowest BCUT2D eigenvalue weighted by Gasteiger charge is -2.09. The number of ether oxygens (including phenoxy) is 1. The van der Waals surface area contributed by atoms with E-state index in [-0.39, 0.29) is 17.4 Å². The first-order valence-corrected chi connectivity index (χ1v) is 5.09. The Morgan fingerprint density at radius 2 is 2.29 bits per heavy atom. The number of hydrogen-bond donors (Lipinski definition) is 1. The highest BCUT2D eigenvalue weighted by Crippen LogP contribution is 2.36. The van der Waals surface area contributed by atoms with Crippen molar-refractivity contribution in [2.45, 2.75) is 0 Å². The number of Topliss-reactive ketones (excluding diaryl/α,β-unsaturated/α-hetero) is 1. The van der Waals surface area contributed by atoms with E-state index in [4.69, 9.17) is 16.3 Å². The summed E-state index contributed by atoms with van der Waals surface area (Å²) in [6, 6.07) is 2.88. The molecule has 0 radical (unpaired) electrons. The minimum atomic E-state index is -0.246. The number of alkyl halides is 1. The van der Waals surface area contributed by atoms with Gasteiger partial charge >= 0.3 is 0 Å². The molecule has 0 aliphatic heterocycles. The molecule has 0 saturated heterocycles. The maximum atomic E-state index is 11.3. The average Bonchev–Trinajstić information content (AvgIpc) is 2.20. The van der Waals surface area contributed by atoms with Crippen LogP contribution in [0.5, 0.6) is 11.5 Å². The third-order valence-electron chi connectivity index (χ3n) is 1.70. The number of benzene rings is 1. The lowest BCUT2D eigenvalue weighted by atomic mass is 10.1. The van der Waals surface area contributed by atoms with E-state index in [2.05, 4.69) is 15.9 Å². The molecule has 0 fully saturated rings. The number of phenolic OH excluding ortho intramolecular Hbond substituents is 1. The number of carbonyl (C=O) groups excluding carboxylic acids is 1. The Kier molecular flexibility index (Phi) is 3.77. The molecule has 14 heavy (non-hydrogen) atoms. The van der Waals surface area contributed by atoms with E-state index in [1.54, 1.807) is 0 Å². The van der Waals surface area contributed by atoms with Gasteiger partial charge in [-0.3, -0.25) is 4.79 Å². The molecule has 0 bridgehead atoms. The molecular weight excluding hydrogens is 271 g/mol. The van der Waals surface area contributed by atoms with Crippen LogP contribution in [0, 0.1) is 0 Å². The maximum absolute atomic E-state index is 11.3. The summed E-state index contributed by atoms with van der Waals surface area (Å²) in [7, 11) is 1.42. The number of halogens is 2. The van der Waals surface area contributed by atoms with E-state index in [1.165, 1.54) is 19.2 Å². The molecule has 0 aliphatic carbocycles. The molecule has 0 aliphatic rings. The SMILES string of the molecule is COc1c(C(=O)CCl)ccc(O)c1Br. The summed E-state index contributed by atoms with van der Waals surface area (Å²) in [5.74, 6) is -0.0408. The minimum Gasteiger partial charge on any atom is -0.507 e. The first-order valence-electron chi connectivity index (χ1n) is 3.76. The Bertz CT molecular complexity index is 365. The van der Waals surface area contributed by atoms with Crippen molar-refractivity contribution in [1.82, 2.24) is 0 Å². The summed E-state index contributed by atoms with van der Waals surface area (Å²) in [4.78, 5) is 11.3. The number of rotatable bonds is 3. The first kappa shape index (κ1) is 11.3. The van der Waals surface area contributed by atoms with Crippen LogP contribution < -0.4 is 4.74 Å². The van der Waals surface area contributed by atoms with Crippen molar-refractivity contribution in [2.24, 2.45) is 0 Å². The molecule has 0 spiro atoms. The third-order valence-corrected chi connectivity index (χ3v) is 2.71. The van der Waals surface area contributed by atoms with Gasteiger partial charge in [0, 0.05) is 0 Å². The maximum Gasteiger partial charge on any atom is 0.181 e. The van der Waals surface area contributed by atoms with Crippen molar-refractivity contribution in [3.63, 3.8) is 0 Å². The second kappa shape index (κ2) is 4.66. The van der Waals surface area contributed by atoms with Crippen LogP contribution in [0.3, 0.4) is 0 Å². The molecule has 76 valence electrons. The fraction of sp³-hybridized carbons (Fsp3) is 0.222. The Morgan fingerprint density at radius 1 is 1.64 bits per heavy atom. The predicted octanol–water partition coefficient (Wildman–Crippen LogP) is 2.58. The van der Waals surface area contributed by atoms with Gasteiger partial charge in [-0.25, -0.2) is 0 Å². The van der Waals surface area contributed by atoms with Gasteiger partial charge in [0.05, 0.1) is 18.6 Å². The highest BCUT2D eigenvalue weighted by atomic mass is 79.9.